The van der Waals surface area contributed by atoms with E-state index in [1.165, 1.54) is 13.2 Å². The molecule has 0 radical (unpaired) electrons. The summed E-state index contributed by atoms with van der Waals surface area (Å²) in [5.41, 5.74) is 0.484. The van der Waals surface area contributed by atoms with Gasteiger partial charge in [0.15, 0.2) is 0 Å². The molecule has 8 heteroatoms. The second kappa shape index (κ2) is 7.38. The van der Waals surface area contributed by atoms with E-state index in [2.05, 4.69) is 10.1 Å². The Hall–Kier alpha value is -3.29. The summed E-state index contributed by atoms with van der Waals surface area (Å²) in [5, 5.41) is 3.81. The van der Waals surface area contributed by atoms with Crippen molar-refractivity contribution in [3.63, 3.8) is 0 Å². The molecular weight excluding hydrogens is 368 g/mol. The summed E-state index contributed by atoms with van der Waals surface area (Å²) in [7, 11) is 1.51. The molecule has 144 valence electrons. The number of rotatable bonds is 4. The molecule has 1 saturated heterocycles. The largest absolute Gasteiger partial charge is 0.496 e. The third-order valence-electron chi connectivity index (χ3n) is 4.75. The molecule has 0 N–H and O–H groups in total. The lowest BCUT2D eigenvalue weighted by Crippen LogP contribution is -2.31. The van der Waals surface area contributed by atoms with E-state index in [0.717, 1.165) is 18.6 Å². The Morgan fingerprint density at radius 2 is 2.07 bits per heavy atom. The zero-order chi connectivity index (χ0) is 19.7. The molecule has 2 heterocycles. The predicted molar refractivity (Wildman–Crippen MR) is 95.7 cm³/mol. The van der Waals surface area contributed by atoms with Gasteiger partial charge >= 0.3 is 0 Å². The van der Waals surface area contributed by atoms with E-state index in [9.17, 15) is 13.6 Å². The minimum Gasteiger partial charge on any atom is -0.496 e. The molecule has 1 fully saturated rings. The van der Waals surface area contributed by atoms with Crippen LogP contribution in [0.3, 0.4) is 0 Å². The molecule has 2 aromatic carbocycles. The van der Waals surface area contributed by atoms with Gasteiger partial charge in [0.25, 0.3) is 5.91 Å². The first-order valence-electron chi connectivity index (χ1n) is 8.81. The normalized spacial score (nSPS) is 16.4. The Morgan fingerprint density at radius 1 is 1.25 bits per heavy atom. The highest BCUT2D eigenvalue weighted by Crippen LogP contribution is 2.34. The van der Waals surface area contributed by atoms with Gasteiger partial charge in [-0.05, 0) is 37.1 Å². The van der Waals surface area contributed by atoms with Crippen LogP contribution in [0.5, 0.6) is 5.75 Å². The van der Waals surface area contributed by atoms with E-state index in [4.69, 9.17) is 9.26 Å². The Morgan fingerprint density at radius 3 is 2.86 bits per heavy atom. The van der Waals surface area contributed by atoms with Gasteiger partial charge in [0.1, 0.15) is 23.4 Å². The molecule has 1 aliphatic heterocycles. The summed E-state index contributed by atoms with van der Waals surface area (Å²) in [5.74, 6) is -0.941. The first-order chi connectivity index (χ1) is 13.6. The molecular formula is C20H17F2N3O3. The number of likely N-dealkylation sites (tertiary alicyclic amines) is 1. The molecule has 0 aliphatic carbocycles. The number of amides is 1. The molecule has 1 unspecified atom stereocenters. The van der Waals surface area contributed by atoms with Gasteiger partial charge in [-0.2, -0.15) is 4.98 Å². The van der Waals surface area contributed by atoms with Crippen molar-refractivity contribution in [3.8, 4) is 17.1 Å². The molecule has 1 atom stereocenters. The standard InChI is InChI=1S/C20H17F2N3O3/c1-27-17-7-3-2-5-14(17)20(26)25-10-4-6-16(25)19-23-18(24-28-19)13-9-8-12(21)11-15(13)22/h2-3,5,7-9,11,16H,4,6,10H2,1H3. The lowest BCUT2D eigenvalue weighted by Gasteiger charge is -2.22. The van der Waals surface area contributed by atoms with Crippen molar-refractivity contribution in [2.24, 2.45) is 0 Å². The number of hydrogen-bond acceptors (Lipinski definition) is 5. The van der Waals surface area contributed by atoms with Crippen LogP contribution in [0.25, 0.3) is 11.4 Å². The van der Waals surface area contributed by atoms with Gasteiger partial charge in [0, 0.05) is 12.6 Å². The van der Waals surface area contributed by atoms with E-state index in [0.29, 0.717) is 24.3 Å². The number of hydrogen-bond donors (Lipinski definition) is 0. The van der Waals surface area contributed by atoms with Crippen molar-refractivity contribution in [2.75, 3.05) is 13.7 Å². The summed E-state index contributed by atoms with van der Waals surface area (Å²) >= 11 is 0. The Balaban J connectivity index is 1.62. The Bertz CT molecular complexity index is 1020. The number of para-hydroxylation sites is 1. The summed E-state index contributed by atoms with van der Waals surface area (Å²) in [6.07, 6.45) is 1.42. The van der Waals surface area contributed by atoms with Crippen LogP contribution in [0.2, 0.25) is 0 Å². The molecule has 4 rings (SSSR count). The van der Waals surface area contributed by atoms with Gasteiger partial charge in [-0.25, -0.2) is 8.78 Å². The van der Waals surface area contributed by atoms with Crippen LogP contribution in [0.15, 0.2) is 47.0 Å². The number of carbonyl (C=O) groups excluding carboxylic acids is 1. The predicted octanol–water partition coefficient (Wildman–Crippen LogP) is 4.00. The van der Waals surface area contributed by atoms with Crippen LogP contribution in [-0.4, -0.2) is 34.6 Å². The number of ether oxygens (including phenoxy) is 1. The first-order valence-corrected chi connectivity index (χ1v) is 8.81. The third-order valence-corrected chi connectivity index (χ3v) is 4.75. The highest BCUT2D eigenvalue weighted by molar-refractivity contribution is 5.97. The Labute approximate surface area is 159 Å². The van der Waals surface area contributed by atoms with E-state index in [-0.39, 0.29) is 23.2 Å². The molecule has 28 heavy (non-hydrogen) atoms. The summed E-state index contributed by atoms with van der Waals surface area (Å²) in [6, 6.07) is 9.71. The van der Waals surface area contributed by atoms with Crippen molar-refractivity contribution in [1.29, 1.82) is 0 Å². The third kappa shape index (κ3) is 3.21. The van der Waals surface area contributed by atoms with Gasteiger partial charge in [-0.1, -0.05) is 17.3 Å². The molecule has 1 aromatic heterocycles. The molecule has 0 bridgehead atoms. The molecule has 3 aromatic rings. The average molecular weight is 385 g/mol. The second-order valence-electron chi connectivity index (χ2n) is 6.44. The minimum absolute atomic E-state index is 0.0177. The zero-order valence-corrected chi connectivity index (χ0v) is 15.1. The average Bonchev–Trinajstić information content (AvgIpc) is 3.36. The Kier molecular flexibility index (Phi) is 4.77. The number of carbonyl (C=O) groups is 1. The van der Waals surface area contributed by atoms with Crippen LogP contribution >= 0.6 is 0 Å². The molecule has 6 nitrogen and oxygen atoms in total. The minimum atomic E-state index is -0.777. The van der Waals surface area contributed by atoms with Gasteiger partial charge in [0.05, 0.1) is 18.2 Å². The van der Waals surface area contributed by atoms with Gasteiger partial charge in [0.2, 0.25) is 11.7 Å². The maximum absolute atomic E-state index is 14.0. The lowest BCUT2D eigenvalue weighted by molar-refractivity contribution is 0.0706. The quantitative estimate of drug-likeness (QED) is 0.679. The fraction of sp³-hybridized carbons (Fsp3) is 0.250. The van der Waals surface area contributed by atoms with Crippen molar-refractivity contribution in [1.82, 2.24) is 15.0 Å². The molecule has 1 aliphatic rings. The van der Waals surface area contributed by atoms with Crippen molar-refractivity contribution in [3.05, 3.63) is 65.6 Å². The van der Waals surface area contributed by atoms with Crippen molar-refractivity contribution in [2.45, 2.75) is 18.9 Å². The van der Waals surface area contributed by atoms with Crippen LogP contribution in [0, 0.1) is 11.6 Å². The molecule has 0 saturated carbocycles. The first kappa shape index (κ1) is 18.1. The monoisotopic (exact) mass is 385 g/mol. The topological polar surface area (TPSA) is 68.5 Å². The fourth-order valence-corrected chi connectivity index (χ4v) is 3.39. The maximum Gasteiger partial charge on any atom is 0.258 e. The molecule has 1 amide bonds. The highest BCUT2D eigenvalue weighted by atomic mass is 19.1. The maximum atomic E-state index is 14.0. The molecule has 0 spiro atoms. The smallest absolute Gasteiger partial charge is 0.258 e. The van der Waals surface area contributed by atoms with E-state index in [1.807, 2.05) is 0 Å². The van der Waals surface area contributed by atoms with Gasteiger partial charge < -0.3 is 14.2 Å². The van der Waals surface area contributed by atoms with E-state index < -0.39 is 17.7 Å². The van der Waals surface area contributed by atoms with Crippen LogP contribution in [0.4, 0.5) is 8.78 Å². The second-order valence-corrected chi connectivity index (χ2v) is 6.44. The van der Waals surface area contributed by atoms with E-state index >= 15 is 0 Å². The van der Waals surface area contributed by atoms with Crippen LogP contribution in [-0.2, 0) is 0 Å². The number of benzene rings is 2. The zero-order valence-electron chi connectivity index (χ0n) is 15.1. The van der Waals surface area contributed by atoms with Gasteiger partial charge in [-0.3, -0.25) is 4.79 Å². The number of methoxy groups -OCH3 is 1. The SMILES string of the molecule is COc1ccccc1C(=O)N1CCCC1c1nc(-c2ccc(F)cc2F)no1. The van der Waals surface area contributed by atoms with E-state index in [1.54, 1.807) is 29.2 Å². The number of nitrogens with zero attached hydrogens (tertiary/aromatic N) is 3. The van der Waals surface area contributed by atoms with Crippen molar-refractivity contribution >= 4 is 5.91 Å². The van der Waals surface area contributed by atoms with Crippen molar-refractivity contribution < 1.29 is 22.8 Å². The van der Waals surface area contributed by atoms with Crippen LogP contribution in [0.1, 0.15) is 35.1 Å². The summed E-state index contributed by atoms with van der Waals surface area (Å²) < 4.78 is 37.7. The number of halogens is 2. The van der Waals surface area contributed by atoms with Crippen LogP contribution < -0.4 is 4.74 Å². The highest BCUT2D eigenvalue weighted by Gasteiger charge is 2.35. The summed E-state index contributed by atoms with van der Waals surface area (Å²) in [4.78, 5) is 18.9. The number of aromatic nitrogens is 2. The lowest BCUT2D eigenvalue weighted by atomic mass is 10.1. The van der Waals surface area contributed by atoms with Gasteiger partial charge in [-0.15, -0.1) is 0 Å². The fourth-order valence-electron chi connectivity index (χ4n) is 3.39. The summed E-state index contributed by atoms with van der Waals surface area (Å²) in [6.45, 7) is 0.532.